The zero-order valence-electron chi connectivity index (χ0n) is 16.7. The first kappa shape index (κ1) is 24.9. The van der Waals surface area contributed by atoms with E-state index in [2.05, 4.69) is 10.9 Å². The van der Waals surface area contributed by atoms with Crippen LogP contribution in [0.1, 0.15) is 116 Å². The van der Waals surface area contributed by atoms with E-state index >= 15 is 0 Å². The molecule has 0 fully saturated rings. The van der Waals surface area contributed by atoms with Gasteiger partial charge in [-0.2, -0.15) is 0 Å². The molecule has 0 bridgehead atoms. The van der Waals surface area contributed by atoms with Gasteiger partial charge < -0.3 is 0 Å². The van der Waals surface area contributed by atoms with E-state index in [1.807, 2.05) is 0 Å². The van der Waals surface area contributed by atoms with E-state index in [9.17, 15) is 9.59 Å². The fraction of sp³-hybridized carbons (Fsp3) is 0.900. The van der Waals surface area contributed by atoms with Crippen LogP contribution >= 0.6 is 0 Å². The Hall–Kier alpha value is -1.14. The molecule has 6 N–H and O–H groups in total. The van der Waals surface area contributed by atoms with Crippen molar-refractivity contribution in [1.29, 1.82) is 0 Å². The van der Waals surface area contributed by atoms with Gasteiger partial charge in [-0.1, -0.05) is 89.9 Å². The minimum absolute atomic E-state index is 0.0541. The van der Waals surface area contributed by atoms with Crippen molar-refractivity contribution >= 4 is 11.8 Å². The molecule has 0 atom stereocenters. The van der Waals surface area contributed by atoms with Crippen LogP contribution in [0.25, 0.3) is 0 Å². The summed E-state index contributed by atoms with van der Waals surface area (Å²) in [6.45, 7) is 0. The lowest BCUT2D eigenvalue weighted by Gasteiger charge is -2.04. The van der Waals surface area contributed by atoms with Crippen molar-refractivity contribution in [3.63, 3.8) is 0 Å². The van der Waals surface area contributed by atoms with Crippen molar-refractivity contribution in [3.8, 4) is 0 Å². The van der Waals surface area contributed by atoms with E-state index in [0.717, 1.165) is 25.7 Å². The molecule has 0 rings (SSSR count). The largest absolute Gasteiger partial charge is 0.294 e. The molecule has 0 spiro atoms. The third-order valence-corrected chi connectivity index (χ3v) is 4.88. The monoisotopic (exact) mass is 370 g/mol. The summed E-state index contributed by atoms with van der Waals surface area (Å²) in [5.74, 6) is 9.98. The van der Waals surface area contributed by atoms with Crippen molar-refractivity contribution < 1.29 is 9.59 Å². The zero-order valence-corrected chi connectivity index (χ0v) is 16.7. The molecular weight excluding hydrogens is 328 g/mol. The summed E-state index contributed by atoms with van der Waals surface area (Å²) in [5.41, 5.74) is 4.34. The summed E-state index contributed by atoms with van der Waals surface area (Å²) in [4.78, 5) is 21.9. The van der Waals surface area contributed by atoms with Gasteiger partial charge in [-0.25, -0.2) is 11.7 Å². The second-order valence-corrected chi connectivity index (χ2v) is 7.29. The average molecular weight is 371 g/mol. The topological polar surface area (TPSA) is 110 Å². The highest BCUT2D eigenvalue weighted by atomic mass is 16.2. The van der Waals surface area contributed by atoms with Gasteiger partial charge in [0.1, 0.15) is 0 Å². The number of amides is 2. The number of carbonyl (C=O) groups is 2. The van der Waals surface area contributed by atoms with Gasteiger partial charge in [0, 0.05) is 12.8 Å². The Kier molecular flexibility index (Phi) is 19.3. The molecule has 0 aromatic heterocycles. The number of nitrogens with two attached hydrogens (primary N) is 2. The highest BCUT2D eigenvalue weighted by Crippen LogP contribution is 2.14. The lowest BCUT2D eigenvalue weighted by molar-refractivity contribution is -0.122. The summed E-state index contributed by atoms with van der Waals surface area (Å²) < 4.78 is 0. The quantitative estimate of drug-likeness (QED) is 0.119. The Morgan fingerprint density at radius 3 is 0.808 bits per heavy atom. The molecule has 0 aliphatic heterocycles. The van der Waals surface area contributed by atoms with Gasteiger partial charge in [-0.15, -0.1) is 0 Å². The predicted octanol–water partition coefficient (Wildman–Crippen LogP) is 3.99. The highest BCUT2D eigenvalue weighted by Gasteiger charge is 1.99. The molecule has 0 aliphatic rings. The molecule has 0 unspecified atom stereocenters. The number of rotatable bonds is 19. The fourth-order valence-corrected chi connectivity index (χ4v) is 3.19. The second-order valence-electron chi connectivity index (χ2n) is 7.29. The predicted molar refractivity (Wildman–Crippen MR) is 108 cm³/mol. The average Bonchev–Trinajstić information content (AvgIpc) is 2.66. The van der Waals surface area contributed by atoms with E-state index in [1.165, 1.54) is 77.0 Å². The molecule has 6 nitrogen and oxygen atoms in total. The normalized spacial score (nSPS) is 10.7. The zero-order chi connectivity index (χ0) is 19.3. The molecule has 0 radical (unpaired) electrons. The molecule has 0 saturated heterocycles. The Labute approximate surface area is 160 Å². The van der Waals surface area contributed by atoms with E-state index < -0.39 is 0 Å². The summed E-state index contributed by atoms with van der Waals surface area (Å²) in [6.07, 6.45) is 21.1. The molecule has 2 amide bonds. The first-order valence-electron chi connectivity index (χ1n) is 10.7. The summed E-state index contributed by atoms with van der Waals surface area (Å²) in [7, 11) is 0. The summed E-state index contributed by atoms with van der Waals surface area (Å²) >= 11 is 0. The van der Waals surface area contributed by atoms with Crippen molar-refractivity contribution in [2.45, 2.75) is 116 Å². The Balaban J connectivity index is 3.05. The molecule has 0 aliphatic carbocycles. The van der Waals surface area contributed by atoms with Crippen molar-refractivity contribution in [3.05, 3.63) is 0 Å². The minimum atomic E-state index is -0.0541. The van der Waals surface area contributed by atoms with Crippen molar-refractivity contribution in [2.24, 2.45) is 11.7 Å². The van der Waals surface area contributed by atoms with Gasteiger partial charge in [-0.3, -0.25) is 20.4 Å². The first-order valence-corrected chi connectivity index (χ1v) is 10.7. The maximum atomic E-state index is 11.0. The third kappa shape index (κ3) is 19.2. The maximum absolute atomic E-state index is 11.0. The van der Waals surface area contributed by atoms with Crippen LogP contribution in [-0.2, 0) is 9.59 Å². The van der Waals surface area contributed by atoms with Crippen LogP contribution in [0, 0.1) is 0 Å². The second kappa shape index (κ2) is 20.2. The van der Waals surface area contributed by atoms with Crippen molar-refractivity contribution in [1.82, 2.24) is 10.9 Å². The Bertz CT molecular complexity index is 306. The van der Waals surface area contributed by atoms with Gasteiger partial charge in [0.2, 0.25) is 11.8 Å². The van der Waals surface area contributed by atoms with Crippen LogP contribution in [-0.4, -0.2) is 11.8 Å². The van der Waals surface area contributed by atoms with Gasteiger partial charge in [-0.05, 0) is 12.8 Å². The van der Waals surface area contributed by atoms with Crippen LogP contribution in [0.15, 0.2) is 0 Å². The molecule has 0 aromatic rings. The molecule has 0 saturated carbocycles. The van der Waals surface area contributed by atoms with E-state index in [1.54, 1.807) is 0 Å². The van der Waals surface area contributed by atoms with E-state index in [4.69, 9.17) is 11.7 Å². The maximum Gasteiger partial charge on any atom is 0.233 e. The third-order valence-electron chi connectivity index (χ3n) is 4.88. The molecule has 26 heavy (non-hydrogen) atoms. The van der Waals surface area contributed by atoms with Gasteiger partial charge in [0.15, 0.2) is 0 Å². The molecule has 154 valence electrons. The SMILES string of the molecule is NNC(=O)CCCCCCCCCCCCCCCCCCC(=O)NN. The number of hydrogen-bond acceptors (Lipinski definition) is 4. The molecule has 0 aromatic carbocycles. The summed E-state index contributed by atoms with van der Waals surface area (Å²) in [5, 5.41) is 0. The van der Waals surface area contributed by atoms with Crippen LogP contribution in [0.5, 0.6) is 0 Å². The lowest BCUT2D eigenvalue weighted by atomic mass is 10.0. The number of carbonyl (C=O) groups excluding carboxylic acids is 2. The number of nitrogens with one attached hydrogen (secondary N) is 2. The van der Waals surface area contributed by atoms with Gasteiger partial charge in [0.05, 0.1) is 0 Å². The molecular formula is C20H42N4O2. The Morgan fingerprint density at radius 1 is 0.423 bits per heavy atom. The van der Waals surface area contributed by atoms with Crippen LogP contribution in [0.4, 0.5) is 0 Å². The number of hydrogen-bond donors (Lipinski definition) is 4. The molecule has 0 heterocycles. The van der Waals surface area contributed by atoms with Gasteiger partial charge in [0.25, 0.3) is 0 Å². The fourth-order valence-electron chi connectivity index (χ4n) is 3.19. The lowest BCUT2D eigenvalue weighted by Crippen LogP contribution is -2.29. The van der Waals surface area contributed by atoms with Crippen LogP contribution in [0.3, 0.4) is 0 Å². The number of unbranched alkanes of at least 4 members (excludes halogenated alkanes) is 15. The van der Waals surface area contributed by atoms with Crippen LogP contribution in [0.2, 0.25) is 0 Å². The summed E-state index contributed by atoms with van der Waals surface area (Å²) in [6, 6.07) is 0. The minimum Gasteiger partial charge on any atom is -0.294 e. The van der Waals surface area contributed by atoms with Crippen molar-refractivity contribution in [2.75, 3.05) is 0 Å². The van der Waals surface area contributed by atoms with E-state index in [0.29, 0.717) is 12.8 Å². The van der Waals surface area contributed by atoms with Gasteiger partial charge >= 0.3 is 0 Å². The highest BCUT2D eigenvalue weighted by molar-refractivity contribution is 5.75. The van der Waals surface area contributed by atoms with E-state index in [-0.39, 0.29) is 11.8 Å². The molecule has 6 heteroatoms. The smallest absolute Gasteiger partial charge is 0.233 e. The van der Waals surface area contributed by atoms with Crippen LogP contribution < -0.4 is 22.5 Å². The number of hydrazine groups is 2. The first-order chi connectivity index (χ1) is 12.7. The Morgan fingerprint density at radius 2 is 0.615 bits per heavy atom. The standard InChI is InChI=1S/C20H42N4O2/c21-23-19(25)17-15-13-11-9-7-5-3-1-2-4-6-8-10-12-14-16-18-20(26)24-22/h1-18,21-22H2,(H,23,25)(H,24,26).